The summed E-state index contributed by atoms with van der Waals surface area (Å²) in [5, 5.41) is 9.23. The van der Waals surface area contributed by atoms with E-state index in [1.807, 2.05) is 6.92 Å². The van der Waals surface area contributed by atoms with Crippen LogP contribution in [0.4, 0.5) is 0 Å². The van der Waals surface area contributed by atoms with Gasteiger partial charge < -0.3 is 11.1 Å². The van der Waals surface area contributed by atoms with Crippen molar-refractivity contribution in [2.45, 2.75) is 45.2 Å². The third-order valence-electron chi connectivity index (χ3n) is 2.41. The molecule has 16 heavy (non-hydrogen) atoms. The van der Waals surface area contributed by atoms with Crippen molar-refractivity contribution >= 4 is 5.91 Å². The maximum Gasteiger partial charge on any atom is 0.237 e. The normalized spacial score (nSPS) is 14.4. The van der Waals surface area contributed by atoms with Gasteiger partial charge in [-0.3, -0.25) is 9.89 Å². The van der Waals surface area contributed by atoms with E-state index >= 15 is 0 Å². The summed E-state index contributed by atoms with van der Waals surface area (Å²) in [6.07, 6.45) is 4.13. The third-order valence-corrected chi connectivity index (χ3v) is 2.41. The van der Waals surface area contributed by atoms with Crippen molar-refractivity contribution in [3.8, 4) is 0 Å². The quantitative estimate of drug-likeness (QED) is 0.656. The molecule has 0 fully saturated rings. The number of unbranched alkanes of at least 4 members (excludes halogenated alkanes) is 1. The Balaban J connectivity index is 2.39. The second-order valence-electron chi connectivity index (χ2n) is 3.85. The summed E-state index contributed by atoms with van der Waals surface area (Å²) in [5.41, 5.74) is 5.75. The Morgan fingerprint density at radius 2 is 2.44 bits per heavy atom. The molecular weight excluding hydrogens is 206 g/mol. The smallest absolute Gasteiger partial charge is 0.237 e. The van der Waals surface area contributed by atoms with Crippen LogP contribution >= 0.6 is 0 Å². The maximum absolute atomic E-state index is 11.7. The molecule has 0 aromatic carbocycles. The molecule has 2 atom stereocenters. The minimum absolute atomic E-state index is 0.141. The summed E-state index contributed by atoms with van der Waals surface area (Å²) in [5.74, 6) is 0.494. The molecule has 0 spiro atoms. The number of hydrogen-bond acceptors (Lipinski definition) is 4. The number of nitrogens with zero attached hydrogens (tertiary/aromatic N) is 2. The number of rotatable bonds is 6. The second kappa shape index (κ2) is 6.22. The lowest BCUT2D eigenvalue weighted by molar-refractivity contribution is -0.123. The Hall–Kier alpha value is -1.43. The largest absolute Gasteiger partial charge is 0.345 e. The molecule has 0 saturated heterocycles. The van der Waals surface area contributed by atoms with Crippen LogP contribution in [0.2, 0.25) is 0 Å². The van der Waals surface area contributed by atoms with Crippen LogP contribution in [0.25, 0.3) is 0 Å². The zero-order valence-electron chi connectivity index (χ0n) is 9.73. The maximum atomic E-state index is 11.7. The van der Waals surface area contributed by atoms with Gasteiger partial charge in [0.25, 0.3) is 0 Å². The predicted molar refractivity (Wildman–Crippen MR) is 60.4 cm³/mol. The van der Waals surface area contributed by atoms with Crippen LogP contribution in [-0.4, -0.2) is 27.1 Å². The average Bonchev–Trinajstić information content (AvgIpc) is 2.79. The minimum atomic E-state index is -0.440. The monoisotopic (exact) mass is 225 g/mol. The lowest BCUT2D eigenvalue weighted by atomic mass is 10.1. The lowest BCUT2D eigenvalue weighted by Gasteiger charge is -2.15. The van der Waals surface area contributed by atoms with Gasteiger partial charge >= 0.3 is 0 Å². The van der Waals surface area contributed by atoms with Crippen LogP contribution in [0.3, 0.4) is 0 Å². The van der Waals surface area contributed by atoms with Crippen molar-refractivity contribution in [2.24, 2.45) is 5.73 Å². The van der Waals surface area contributed by atoms with Gasteiger partial charge in [0.15, 0.2) is 0 Å². The third kappa shape index (κ3) is 3.62. The number of hydrogen-bond donors (Lipinski definition) is 3. The average molecular weight is 225 g/mol. The SMILES string of the molecule is CCCCC(N)C(=O)NC(C)c1ncn[nH]1. The second-order valence-corrected chi connectivity index (χ2v) is 3.85. The van der Waals surface area contributed by atoms with Crippen molar-refractivity contribution in [3.63, 3.8) is 0 Å². The zero-order valence-corrected chi connectivity index (χ0v) is 9.73. The van der Waals surface area contributed by atoms with E-state index in [4.69, 9.17) is 5.73 Å². The summed E-state index contributed by atoms with van der Waals surface area (Å²) in [4.78, 5) is 15.6. The molecule has 0 aliphatic rings. The van der Waals surface area contributed by atoms with E-state index in [1.165, 1.54) is 6.33 Å². The van der Waals surface area contributed by atoms with Crippen molar-refractivity contribution in [2.75, 3.05) is 0 Å². The van der Waals surface area contributed by atoms with E-state index in [1.54, 1.807) is 0 Å². The topological polar surface area (TPSA) is 96.7 Å². The standard InChI is InChI=1S/C10H19N5O/c1-3-4-5-8(11)10(16)14-7(2)9-12-6-13-15-9/h6-8H,3-5,11H2,1-2H3,(H,14,16)(H,12,13,15). The fourth-order valence-corrected chi connectivity index (χ4v) is 1.37. The van der Waals surface area contributed by atoms with Gasteiger partial charge in [0.1, 0.15) is 12.2 Å². The molecule has 90 valence electrons. The summed E-state index contributed by atoms with van der Waals surface area (Å²) in [6.45, 7) is 3.91. The Morgan fingerprint density at radius 3 is 3.00 bits per heavy atom. The van der Waals surface area contributed by atoms with Gasteiger partial charge in [-0.2, -0.15) is 5.10 Å². The zero-order chi connectivity index (χ0) is 12.0. The molecule has 2 unspecified atom stereocenters. The summed E-state index contributed by atoms with van der Waals surface area (Å²) in [7, 11) is 0. The lowest BCUT2D eigenvalue weighted by Crippen LogP contribution is -2.41. The highest BCUT2D eigenvalue weighted by atomic mass is 16.2. The number of amides is 1. The Bertz CT molecular complexity index is 311. The number of carbonyl (C=O) groups excluding carboxylic acids is 1. The molecule has 4 N–H and O–H groups in total. The van der Waals surface area contributed by atoms with E-state index in [0.717, 1.165) is 12.8 Å². The van der Waals surface area contributed by atoms with Crippen LogP contribution in [0, 0.1) is 0 Å². The Labute approximate surface area is 95.0 Å². The number of nitrogens with two attached hydrogens (primary N) is 1. The molecule has 1 rings (SSSR count). The fourth-order valence-electron chi connectivity index (χ4n) is 1.37. The van der Waals surface area contributed by atoms with E-state index in [-0.39, 0.29) is 11.9 Å². The Kier molecular flexibility index (Phi) is 4.91. The fraction of sp³-hybridized carbons (Fsp3) is 0.700. The number of H-pyrrole nitrogens is 1. The molecule has 0 bridgehead atoms. The molecule has 1 amide bonds. The van der Waals surface area contributed by atoms with E-state index in [9.17, 15) is 4.79 Å². The van der Waals surface area contributed by atoms with Crippen LogP contribution < -0.4 is 11.1 Å². The molecule has 0 aliphatic carbocycles. The van der Waals surface area contributed by atoms with E-state index in [0.29, 0.717) is 12.2 Å². The summed E-state index contributed by atoms with van der Waals surface area (Å²) >= 11 is 0. The van der Waals surface area contributed by atoms with Crippen LogP contribution in [-0.2, 0) is 4.79 Å². The van der Waals surface area contributed by atoms with Gasteiger partial charge in [0.2, 0.25) is 5.91 Å². The van der Waals surface area contributed by atoms with Crippen molar-refractivity contribution in [1.82, 2.24) is 20.5 Å². The predicted octanol–water partition coefficient (Wildman–Crippen LogP) is 0.499. The number of carbonyl (C=O) groups is 1. The highest BCUT2D eigenvalue weighted by Crippen LogP contribution is 2.05. The highest BCUT2D eigenvalue weighted by molar-refractivity contribution is 5.81. The molecule has 6 heteroatoms. The highest BCUT2D eigenvalue weighted by Gasteiger charge is 2.17. The summed E-state index contributed by atoms with van der Waals surface area (Å²) < 4.78 is 0. The van der Waals surface area contributed by atoms with E-state index < -0.39 is 6.04 Å². The molecule has 1 heterocycles. The van der Waals surface area contributed by atoms with Gasteiger partial charge in [-0.05, 0) is 13.3 Å². The van der Waals surface area contributed by atoms with Crippen LogP contribution in [0.1, 0.15) is 45.0 Å². The number of nitrogens with one attached hydrogen (secondary N) is 2. The Morgan fingerprint density at radius 1 is 1.69 bits per heavy atom. The first-order chi connectivity index (χ1) is 7.65. The van der Waals surface area contributed by atoms with Crippen molar-refractivity contribution in [3.05, 3.63) is 12.2 Å². The van der Waals surface area contributed by atoms with Crippen molar-refractivity contribution < 1.29 is 4.79 Å². The molecule has 0 aliphatic heterocycles. The number of aromatic nitrogens is 3. The molecule has 0 saturated carbocycles. The van der Waals surface area contributed by atoms with Gasteiger partial charge in [-0.25, -0.2) is 4.98 Å². The molecular formula is C10H19N5O. The van der Waals surface area contributed by atoms with Gasteiger partial charge in [-0.15, -0.1) is 0 Å². The van der Waals surface area contributed by atoms with E-state index in [2.05, 4.69) is 27.4 Å². The first-order valence-electron chi connectivity index (χ1n) is 5.56. The van der Waals surface area contributed by atoms with Crippen LogP contribution in [0.15, 0.2) is 6.33 Å². The van der Waals surface area contributed by atoms with Crippen molar-refractivity contribution in [1.29, 1.82) is 0 Å². The van der Waals surface area contributed by atoms with Crippen LogP contribution in [0.5, 0.6) is 0 Å². The number of aromatic amines is 1. The molecule has 0 radical (unpaired) electrons. The van der Waals surface area contributed by atoms with Gasteiger partial charge in [-0.1, -0.05) is 19.8 Å². The minimum Gasteiger partial charge on any atom is -0.345 e. The molecule has 1 aromatic rings. The molecule has 6 nitrogen and oxygen atoms in total. The van der Waals surface area contributed by atoms with Gasteiger partial charge in [0.05, 0.1) is 12.1 Å². The van der Waals surface area contributed by atoms with Gasteiger partial charge in [0, 0.05) is 0 Å². The summed E-state index contributed by atoms with van der Waals surface area (Å²) in [6, 6.07) is -0.631. The molecule has 1 aromatic heterocycles. The first kappa shape index (κ1) is 12.6. The first-order valence-corrected chi connectivity index (χ1v) is 5.56.